The molecule has 0 saturated carbocycles. The van der Waals surface area contributed by atoms with Gasteiger partial charge < -0.3 is 5.32 Å². The molecule has 0 aliphatic carbocycles. The molecule has 27 heavy (non-hydrogen) atoms. The average Bonchev–Trinajstić information content (AvgIpc) is 3.13. The van der Waals surface area contributed by atoms with Crippen molar-refractivity contribution in [1.82, 2.24) is 20.1 Å². The minimum absolute atomic E-state index is 0.205. The fraction of sp³-hybridized carbons (Fsp3) is 0.0952. The van der Waals surface area contributed by atoms with Crippen LogP contribution in [0.5, 0.6) is 0 Å². The van der Waals surface area contributed by atoms with E-state index < -0.39 is 0 Å². The summed E-state index contributed by atoms with van der Waals surface area (Å²) in [7, 11) is 1.83. The molecule has 0 spiro atoms. The molecule has 0 atom stereocenters. The Hall–Kier alpha value is -3.54. The summed E-state index contributed by atoms with van der Waals surface area (Å²) in [5.74, 6) is -0.505. The number of rotatable bonds is 4. The van der Waals surface area contributed by atoms with Gasteiger partial charge in [0.05, 0.1) is 23.0 Å². The second-order valence-electron chi connectivity index (χ2n) is 6.28. The van der Waals surface area contributed by atoms with E-state index in [1.54, 1.807) is 29.1 Å². The molecule has 0 aliphatic heterocycles. The summed E-state index contributed by atoms with van der Waals surface area (Å²) in [6.07, 6.45) is 3.58. The van der Waals surface area contributed by atoms with E-state index in [1.165, 1.54) is 12.1 Å². The molecule has 134 valence electrons. The molecule has 2 aromatic carbocycles. The van der Waals surface area contributed by atoms with E-state index >= 15 is 0 Å². The topological polar surface area (TPSA) is 59.8 Å². The molecule has 0 bridgehead atoms. The van der Waals surface area contributed by atoms with Crippen LogP contribution in [0.1, 0.15) is 15.9 Å². The van der Waals surface area contributed by atoms with Crippen LogP contribution in [-0.2, 0) is 13.6 Å². The van der Waals surface area contributed by atoms with Gasteiger partial charge in [-0.3, -0.25) is 9.48 Å². The van der Waals surface area contributed by atoms with E-state index in [1.807, 2.05) is 37.5 Å². The average molecular weight is 360 g/mol. The number of nitrogens with zero attached hydrogens (tertiary/aromatic N) is 3. The first kappa shape index (κ1) is 16.9. The fourth-order valence-electron chi connectivity index (χ4n) is 2.94. The number of para-hydroxylation sites is 1. The number of carbonyl (C=O) groups excluding carboxylic acids is 1. The number of halogens is 1. The number of aromatic nitrogens is 3. The second-order valence-corrected chi connectivity index (χ2v) is 6.28. The summed E-state index contributed by atoms with van der Waals surface area (Å²) in [5, 5.41) is 7.86. The minimum Gasteiger partial charge on any atom is -0.348 e. The summed E-state index contributed by atoms with van der Waals surface area (Å²) in [4.78, 5) is 17.5. The zero-order valence-electron chi connectivity index (χ0n) is 14.7. The zero-order chi connectivity index (χ0) is 18.8. The molecule has 0 aliphatic rings. The lowest BCUT2D eigenvalue weighted by atomic mass is 10.0. The van der Waals surface area contributed by atoms with E-state index in [0.29, 0.717) is 17.8 Å². The van der Waals surface area contributed by atoms with Crippen molar-refractivity contribution in [1.29, 1.82) is 0 Å². The number of amides is 1. The summed E-state index contributed by atoms with van der Waals surface area (Å²) in [6.45, 7) is 0.317. The Morgan fingerprint density at radius 3 is 2.67 bits per heavy atom. The van der Waals surface area contributed by atoms with Crippen LogP contribution in [0.2, 0.25) is 0 Å². The van der Waals surface area contributed by atoms with Crippen molar-refractivity contribution in [3.63, 3.8) is 0 Å². The van der Waals surface area contributed by atoms with Crippen LogP contribution < -0.4 is 5.32 Å². The fourth-order valence-corrected chi connectivity index (χ4v) is 2.94. The van der Waals surface area contributed by atoms with Crippen LogP contribution in [0.3, 0.4) is 0 Å². The number of nitrogens with one attached hydrogen (secondary N) is 1. The van der Waals surface area contributed by atoms with Gasteiger partial charge in [-0.05, 0) is 29.8 Å². The van der Waals surface area contributed by atoms with Gasteiger partial charge >= 0.3 is 0 Å². The molecule has 2 heterocycles. The van der Waals surface area contributed by atoms with E-state index in [2.05, 4.69) is 15.4 Å². The second kappa shape index (κ2) is 6.99. The van der Waals surface area contributed by atoms with Crippen molar-refractivity contribution in [2.45, 2.75) is 6.54 Å². The molecule has 6 heteroatoms. The van der Waals surface area contributed by atoms with Crippen molar-refractivity contribution < 1.29 is 9.18 Å². The van der Waals surface area contributed by atoms with Crippen molar-refractivity contribution in [3.05, 3.63) is 83.9 Å². The first-order valence-corrected chi connectivity index (χ1v) is 8.51. The van der Waals surface area contributed by atoms with Crippen LogP contribution in [0.15, 0.2) is 67.0 Å². The molecule has 4 rings (SSSR count). The van der Waals surface area contributed by atoms with Crippen molar-refractivity contribution in [2.24, 2.45) is 7.05 Å². The largest absolute Gasteiger partial charge is 0.348 e. The molecule has 1 N–H and O–H groups in total. The lowest BCUT2D eigenvalue weighted by Gasteiger charge is -2.10. The lowest BCUT2D eigenvalue weighted by Crippen LogP contribution is -2.23. The van der Waals surface area contributed by atoms with Gasteiger partial charge in [0.1, 0.15) is 5.82 Å². The molecule has 4 aromatic rings. The maximum atomic E-state index is 13.0. The highest BCUT2D eigenvalue weighted by Crippen LogP contribution is 2.24. The summed E-state index contributed by atoms with van der Waals surface area (Å²) in [6, 6.07) is 15.4. The van der Waals surface area contributed by atoms with Crippen LogP contribution in [0, 0.1) is 5.82 Å². The summed E-state index contributed by atoms with van der Waals surface area (Å²) in [5.41, 5.74) is 3.65. The maximum absolute atomic E-state index is 13.0. The van der Waals surface area contributed by atoms with Crippen molar-refractivity contribution in [3.8, 4) is 11.3 Å². The SMILES string of the molecule is Cn1cc(-c2cc(C(=O)NCc3ccc(F)cc3)c3ccccc3n2)cn1. The van der Waals surface area contributed by atoms with E-state index in [4.69, 9.17) is 0 Å². The van der Waals surface area contributed by atoms with Gasteiger partial charge in [-0.2, -0.15) is 5.10 Å². The molecule has 1 amide bonds. The predicted octanol–water partition coefficient (Wildman–Crippen LogP) is 3.70. The number of hydrogen-bond donors (Lipinski definition) is 1. The van der Waals surface area contributed by atoms with Crippen molar-refractivity contribution in [2.75, 3.05) is 0 Å². The molecule has 0 fully saturated rings. The summed E-state index contributed by atoms with van der Waals surface area (Å²) < 4.78 is 14.7. The van der Waals surface area contributed by atoms with Crippen molar-refractivity contribution >= 4 is 16.8 Å². The van der Waals surface area contributed by atoms with Crippen LogP contribution in [-0.4, -0.2) is 20.7 Å². The molecular formula is C21H17FN4O. The smallest absolute Gasteiger partial charge is 0.252 e. The van der Waals surface area contributed by atoms with E-state index in [0.717, 1.165) is 22.0 Å². The Bertz CT molecular complexity index is 1120. The van der Waals surface area contributed by atoms with E-state index in [9.17, 15) is 9.18 Å². The zero-order valence-corrected chi connectivity index (χ0v) is 14.7. The highest BCUT2D eigenvalue weighted by atomic mass is 19.1. The van der Waals surface area contributed by atoms with Crippen LogP contribution in [0.4, 0.5) is 4.39 Å². The quantitative estimate of drug-likeness (QED) is 0.604. The Morgan fingerprint density at radius 1 is 1.15 bits per heavy atom. The van der Waals surface area contributed by atoms with Gasteiger partial charge in [-0.25, -0.2) is 9.37 Å². The summed E-state index contributed by atoms with van der Waals surface area (Å²) >= 11 is 0. The Labute approximate surface area is 155 Å². The number of aryl methyl sites for hydroxylation is 1. The van der Waals surface area contributed by atoms with Crippen LogP contribution in [0.25, 0.3) is 22.2 Å². The van der Waals surface area contributed by atoms with Gasteiger partial charge in [0, 0.05) is 30.7 Å². The number of hydrogen-bond acceptors (Lipinski definition) is 3. The molecule has 2 aromatic heterocycles. The Morgan fingerprint density at radius 2 is 1.93 bits per heavy atom. The highest BCUT2D eigenvalue weighted by molar-refractivity contribution is 6.07. The van der Waals surface area contributed by atoms with Gasteiger partial charge in [0.2, 0.25) is 0 Å². The molecule has 0 saturated heterocycles. The van der Waals surface area contributed by atoms with Crippen LogP contribution >= 0.6 is 0 Å². The molecular weight excluding hydrogens is 343 g/mol. The number of fused-ring (bicyclic) bond motifs is 1. The highest BCUT2D eigenvalue weighted by Gasteiger charge is 2.14. The minimum atomic E-state index is -0.300. The third-order valence-corrected chi connectivity index (χ3v) is 4.33. The van der Waals surface area contributed by atoms with Gasteiger partial charge in [0.25, 0.3) is 5.91 Å². The molecule has 0 radical (unpaired) electrons. The maximum Gasteiger partial charge on any atom is 0.252 e. The number of carbonyl (C=O) groups is 1. The van der Waals surface area contributed by atoms with E-state index in [-0.39, 0.29) is 11.7 Å². The lowest BCUT2D eigenvalue weighted by molar-refractivity contribution is 0.0952. The first-order valence-electron chi connectivity index (χ1n) is 8.51. The Balaban J connectivity index is 1.68. The third kappa shape index (κ3) is 3.55. The normalized spacial score (nSPS) is 10.9. The first-order chi connectivity index (χ1) is 13.1. The molecule has 0 unspecified atom stereocenters. The van der Waals surface area contributed by atoms with Gasteiger partial charge in [-0.15, -0.1) is 0 Å². The predicted molar refractivity (Wildman–Crippen MR) is 102 cm³/mol. The Kier molecular flexibility index (Phi) is 4.38. The third-order valence-electron chi connectivity index (χ3n) is 4.33. The number of pyridine rings is 1. The van der Waals surface area contributed by atoms with Gasteiger partial charge in [0.15, 0.2) is 0 Å². The standard InChI is InChI=1S/C21H17FN4O/c1-26-13-15(12-24-26)20-10-18(17-4-2-3-5-19(17)25-20)21(27)23-11-14-6-8-16(22)9-7-14/h2-10,12-13H,11H2,1H3,(H,23,27). The number of benzene rings is 2. The molecule has 5 nitrogen and oxygen atoms in total. The van der Waals surface area contributed by atoms with Gasteiger partial charge in [-0.1, -0.05) is 30.3 Å². The monoisotopic (exact) mass is 360 g/mol.